The molecule has 3 aromatic rings. The van der Waals surface area contributed by atoms with Crippen molar-refractivity contribution in [2.45, 2.75) is 12.5 Å². The molecule has 0 saturated carbocycles. The van der Waals surface area contributed by atoms with Crippen LogP contribution in [0.3, 0.4) is 0 Å². The fourth-order valence-corrected chi connectivity index (χ4v) is 3.97. The van der Waals surface area contributed by atoms with Crippen molar-refractivity contribution in [3.8, 4) is 0 Å². The fourth-order valence-electron chi connectivity index (χ4n) is 3.59. The Morgan fingerprint density at radius 3 is 2.86 bits per heavy atom. The normalized spacial score (nSPS) is 15.8. The van der Waals surface area contributed by atoms with E-state index in [1.165, 1.54) is 12.0 Å². The molecule has 0 fully saturated rings. The van der Waals surface area contributed by atoms with Crippen molar-refractivity contribution in [3.05, 3.63) is 70.3 Å². The minimum atomic E-state index is -0.785. The molecule has 142 valence electrons. The molecule has 6 nitrogen and oxygen atoms in total. The molecule has 28 heavy (non-hydrogen) atoms. The Morgan fingerprint density at radius 1 is 1.21 bits per heavy atom. The minimum absolute atomic E-state index is 0.303. The number of amides is 2. The molecule has 0 unspecified atom stereocenters. The van der Waals surface area contributed by atoms with Gasteiger partial charge in [-0.25, -0.2) is 4.79 Å². The molecule has 0 radical (unpaired) electrons. The van der Waals surface area contributed by atoms with Crippen LogP contribution >= 0.6 is 15.9 Å². The molecule has 2 amide bonds. The number of halogens is 1. The molecule has 0 bridgehead atoms. The number of ether oxygens (including phenoxy) is 1. The topological polar surface area (TPSA) is 71.5 Å². The quantitative estimate of drug-likeness (QED) is 0.645. The first-order valence-corrected chi connectivity index (χ1v) is 9.65. The van der Waals surface area contributed by atoms with Gasteiger partial charge < -0.3 is 10.1 Å². The Morgan fingerprint density at radius 2 is 2.04 bits per heavy atom. The van der Waals surface area contributed by atoms with E-state index >= 15 is 0 Å². The van der Waals surface area contributed by atoms with Gasteiger partial charge in [-0.2, -0.15) is 0 Å². The van der Waals surface area contributed by atoms with E-state index in [0.717, 1.165) is 21.0 Å². The van der Waals surface area contributed by atoms with Crippen molar-refractivity contribution in [2.24, 2.45) is 0 Å². The summed E-state index contributed by atoms with van der Waals surface area (Å²) in [5.41, 5.74) is 3.14. The summed E-state index contributed by atoms with van der Waals surface area (Å²) in [5.74, 6) is -0.303. The number of hydrogen-bond acceptors (Lipinski definition) is 4. The van der Waals surface area contributed by atoms with Crippen LogP contribution in [0.5, 0.6) is 0 Å². The largest absolute Gasteiger partial charge is 0.453 e. The van der Waals surface area contributed by atoms with Crippen molar-refractivity contribution in [3.63, 3.8) is 0 Å². The highest BCUT2D eigenvalue weighted by molar-refractivity contribution is 9.10. The summed E-state index contributed by atoms with van der Waals surface area (Å²) in [6.07, 6.45) is 1.82. The lowest BCUT2D eigenvalue weighted by Crippen LogP contribution is -2.45. The van der Waals surface area contributed by atoms with Gasteiger partial charge in [-0.05, 0) is 41.8 Å². The molecule has 0 aliphatic carbocycles. The van der Waals surface area contributed by atoms with E-state index in [1.54, 1.807) is 12.3 Å². The van der Waals surface area contributed by atoms with Gasteiger partial charge in [0.1, 0.15) is 6.04 Å². The zero-order valence-electron chi connectivity index (χ0n) is 15.2. The lowest BCUT2D eigenvalue weighted by molar-refractivity contribution is -0.121. The number of nitrogens with one attached hydrogen (secondary N) is 1. The number of carbonyl (C=O) groups excluding carboxylic acids is 2. The van der Waals surface area contributed by atoms with E-state index in [2.05, 4.69) is 26.2 Å². The summed E-state index contributed by atoms with van der Waals surface area (Å²) >= 11 is 3.46. The molecular formula is C21H18BrN3O3. The van der Waals surface area contributed by atoms with Crippen LogP contribution in [0, 0.1) is 0 Å². The molecule has 0 saturated heterocycles. The Kier molecular flexibility index (Phi) is 5.00. The molecule has 1 aromatic heterocycles. The van der Waals surface area contributed by atoms with Crippen molar-refractivity contribution >= 4 is 44.5 Å². The smallest absolute Gasteiger partial charge is 0.410 e. The number of nitrogens with zero attached hydrogens (tertiary/aromatic N) is 2. The summed E-state index contributed by atoms with van der Waals surface area (Å²) in [6, 6.07) is 14.4. The Hall–Kier alpha value is -2.93. The van der Waals surface area contributed by atoms with E-state index in [1.807, 2.05) is 42.5 Å². The third-order valence-electron chi connectivity index (χ3n) is 4.88. The number of para-hydroxylation sites is 1. The first-order chi connectivity index (χ1) is 13.6. The summed E-state index contributed by atoms with van der Waals surface area (Å²) in [6.45, 7) is 0.410. The fraction of sp³-hybridized carbons (Fsp3) is 0.190. The Labute approximate surface area is 170 Å². The molecule has 1 aliphatic heterocycles. The third-order valence-corrected chi connectivity index (χ3v) is 5.38. The lowest BCUT2D eigenvalue weighted by Gasteiger charge is -2.35. The highest BCUT2D eigenvalue weighted by Crippen LogP contribution is 2.34. The van der Waals surface area contributed by atoms with Crippen molar-refractivity contribution in [1.29, 1.82) is 0 Å². The van der Waals surface area contributed by atoms with Gasteiger partial charge in [0.2, 0.25) is 0 Å². The molecule has 2 aromatic carbocycles. The van der Waals surface area contributed by atoms with Gasteiger partial charge in [0.05, 0.1) is 18.3 Å². The van der Waals surface area contributed by atoms with Crippen LogP contribution in [0.1, 0.15) is 17.2 Å². The Bertz CT molecular complexity index is 1060. The van der Waals surface area contributed by atoms with E-state index in [9.17, 15) is 9.59 Å². The van der Waals surface area contributed by atoms with Crippen LogP contribution in [0.15, 0.2) is 59.2 Å². The van der Waals surface area contributed by atoms with Crippen molar-refractivity contribution < 1.29 is 14.3 Å². The van der Waals surface area contributed by atoms with Gasteiger partial charge in [-0.15, -0.1) is 0 Å². The maximum atomic E-state index is 13.3. The monoisotopic (exact) mass is 439 g/mol. The second kappa shape index (κ2) is 7.59. The first kappa shape index (κ1) is 18.4. The van der Waals surface area contributed by atoms with Gasteiger partial charge in [0.25, 0.3) is 5.91 Å². The number of carbonyl (C=O) groups is 2. The SMILES string of the molecule is COC(=O)N1CCc2ccc(Br)cc2[C@H]1C(=O)Nc1cccc2cccnc12. The van der Waals surface area contributed by atoms with Crippen LogP contribution in [0.25, 0.3) is 10.9 Å². The molecular weight excluding hydrogens is 422 g/mol. The molecule has 0 spiro atoms. The number of pyridine rings is 1. The van der Waals surface area contributed by atoms with Gasteiger partial charge in [0, 0.05) is 22.6 Å². The number of fused-ring (bicyclic) bond motifs is 2. The zero-order valence-corrected chi connectivity index (χ0v) is 16.8. The molecule has 1 atom stereocenters. The molecule has 1 N–H and O–H groups in total. The van der Waals surface area contributed by atoms with E-state index in [0.29, 0.717) is 24.2 Å². The average molecular weight is 440 g/mol. The van der Waals surface area contributed by atoms with Crippen LogP contribution in [-0.4, -0.2) is 35.5 Å². The summed E-state index contributed by atoms with van der Waals surface area (Å²) in [4.78, 5) is 31.5. The maximum Gasteiger partial charge on any atom is 0.410 e. The van der Waals surface area contributed by atoms with Crippen LogP contribution in [0.2, 0.25) is 0 Å². The highest BCUT2D eigenvalue weighted by Gasteiger charge is 2.37. The molecule has 4 rings (SSSR count). The molecule has 1 aliphatic rings. The van der Waals surface area contributed by atoms with Crippen molar-refractivity contribution in [1.82, 2.24) is 9.88 Å². The minimum Gasteiger partial charge on any atom is -0.453 e. The van der Waals surface area contributed by atoms with Crippen LogP contribution in [-0.2, 0) is 16.0 Å². The average Bonchev–Trinajstić information content (AvgIpc) is 2.72. The van der Waals surface area contributed by atoms with Gasteiger partial charge in [-0.1, -0.05) is 40.2 Å². The second-order valence-corrected chi connectivity index (χ2v) is 7.44. The standard InChI is InChI=1S/C21H18BrN3O3/c1-28-21(27)25-11-9-13-7-8-15(22)12-16(13)19(25)20(26)24-17-6-2-4-14-5-3-10-23-18(14)17/h2-8,10,12,19H,9,11H2,1H3,(H,24,26)/t19-/m0/s1. The number of hydrogen-bond donors (Lipinski definition) is 1. The first-order valence-electron chi connectivity index (χ1n) is 8.86. The molecule has 7 heteroatoms. The number of methoxy groups -OCH3 is 1. The molecule has 2 heterocycles. The number of anilines is 1. The van der Waals surface area contributed by atoms with Crippen molar-refractivity contribution in [2.75, 3.05) is 19.0 Å². The van der Waals surface area contributed by atoms with Crippen LogP contribution in [0.4, 0.5) is 10.5 Å². The number of rotatable bonds is 2. The summed E-state index contributed by atoms with van der Waals surface area (Å²) in [5, 5.41) is 3.89. The van der Waals surface area contributed by atoms with E-state index < -0.39 is 12.1 Å². The summed E-state index contributed by atoms with van der Waals surface area (Å²) < 4.78 is 5.77. The zero-order chi connectivity index (χ0) is 19.7. The van der Waals surface area contributed by atoms with E-state index in [-0.39, 0.29) is 5.91 Å². The third kappa shape index (κ3) is 3.33. The maximum absolute atomic E-state index is 13.3. The van der Waals surface area contributed by atoms with E-state index in [4.69, 9.17) is 4.74 Å². The summed E-state index contributed by atoms with van der Waals surface area (Å²) in [7, 11) is 1.32. The van der Waals surface area contributed by atoms with Gasteiger partial charge >= 0.3 is 6.09 Å². The van der Waals surface area contributed by atoms with Gasteiger partial charge in [0.15, 0.2) is 0 Å². The lowest BCUT2D eigenvalue weighted by atomic mass is 9.92. The predicted molar refractivity (Wildman–Crippen MR) is 110 cm³/mol. The Balaban J connectivity index is 1.74. The van der Waals surface area contributed by atoms with Gasteiger partial charge in [-0.3, -0.25) is 14.7 Å². The number of aromatic nitrogens is 1. The highest BCUT2D eigenvalue weighted by atomic mass is 79.9. The van der Waals surface area contributed by atoms with Crippen LogP contribution < -0.4 is 5.32 Å². The second-order valence-electron chi connectivity index (χ2n) is 6.53. The predicted octanol–water partition coefficient (Wildman–Crippen LogP) is 4.30. The number of benzene rings is 2.